The van der Waals surface area contributed by atoms with Crippen LogP contribution >= 0.6 is 0 Å². The second-order valence-electron chi connectivity index (χ2n) is 6.62. The van der Waals surface area contributed by atoms with Crippen LogP contribution in [0.1, 0.15) is 27.2 Å². The first-order chi connectivity index (χ1) is 8.31. The van der Waals surface area contributed by atoms with E-state index in [0.717, 1.165) is 19.6 Å². The van der Waals surface area contributed by atoms with Crippen LogP contribution in [0.15, 0.2) is 0 Å². The number of rotatable bonds is 3. The second-order valence-corrected chi connectivity index (χ2v) is 6.62. The Morgan fingerprint density at radius 3 is 2.28 bits per heavy atom. The summed E-state index contributed by atoms with van der Waals surface area (Å²) in [5.74, 6) is -0.643. The first-order valence-electron chi connectivity index (χ1n) is 7.11. The molecule has 2 nitrogen and oxygen atoms in total. The van der Waals surface area contributed by atoms with Gasteiger partial charge in [0, 0.05) is 13.1 Å². The molecule has 18 heavy (non-hydrogen) atoms. The Morgan fingerprint density at radius 2 is 1.78 bits per heavy atom. The van der Waals surface area contributed by atoms with E-state index in [1.807, 2.05) is 4.90 Å². The highest BCUT2D eigenvalue weighted by Crippen LogP contribution is 2.37. The van der Waals surface area contributed by atoms with Gasteiger partial charge < -0.3 is 4.90 Å². The molecule has 0 saturated carbocycles. The van der Waals surface area contributed by atoms with Gasteiger partial charge in [-0.3, -0.25) is 4.90 Å². The van der Waals surface area contributed by atoms with Crippen molar-refractivity contribution in [3.8, 4) is 0 Å². The van der Waals surface area contributed by atoms with E-state index in [1.165, 1.54) is 0 Å². The molecular formula is C14H26F2N2. The molecule has 4 heteroatoms. The zero-order valence-electron chi connectivity index (χ0n) is 12.0. The molecule has 2 rings (SSSR count). The Bertz CT molecular complexity index is 288. The van der Waals surface area contributed by atoms with Crippen LogP contribution < -0.4 is 0 Å². The minimum atomic E-state index is -2.54. The van der Waals surface area contributed by atoms with Crippen LogP contribution in [-0.2, 0) is 0 Å². The summed E-state index contributed by atoms with van der Waals surface area (Å²) in [6.45, 7) is 9.13. The second kappa shape index (κ2) is 5.04. The molecular weight excluding hydrogens is 234 g/mol. The topological polar surface area (TPSA) is 6.48 Å². The summed E-state index contributed by atoms with van der Waals surface area (Å²) in [7, 11) is 1.78. The Hall–Kier alpha value is -0.220. The Balaban J connectivity index is 1.88. The molecule has 0 aromatic heterocycles. The van der Waals surface area contributed by atoms with Crippen LogP contribution in [0.4, 0.5) is 8.78 Å². The molecule has 0 spiro atoms. The van der Waals surface area contributed by atoms with Gasteiger partial charge in [0.2, 0.25) is 0 Å². The molecule has 2 fully saturated rings. The molecule has 2 atom stereocenters. The Morgan fingerprint density at radius 1 is 1.17 bits per heavy atom. The molecule has 0 aromatic carbocycles. The van der Waals surface area contributed by atoms with Gasteiger partial charge in [0.25, 0.3) is 5.92 Å². The fourth-order valence-corrected chi connectivity index (χ4v) is 3.23. The molecule has 0 bridgehead atoms. The lowest BCUT2D eigenvalue weighted by Gasteiger charge is -2.51. The van der Waals surface area contributed by atoms with Crippen LogP contribution in [0.3, 0.4) is 0 Å². The summed E-state index contributed by atoms with van der Waals surface area (Å²) in [6, 6.07) is -0.524. The van der Waals surface area contributed by atoms with E-state index >= 15 is 0 Å². The lowest BCUT2D eigenvalue weighted by atomic mass is 9.78. The first kappa shape index (κ1) is 14.2. The lowest BCUT2D eigenvalue weighted by Crippen LogP contribution is -2.64. The van der Waals surface area contributed by atoms with Gasteiger partial charge in [-0.15, -0.1) is 0 Å². The summed E-state index contributed by atoms with van der Waals surface area (Å²) >= 11 is 0. The van der Waals surface area contributed by atoms with E-state index in [-0.39, 0.29) is 6.54 Å². The van der Waals surface area contributed by atoms with Gasteiger partial charge in [-0.2, -0.15) is 0 Å². The van der Waals surface area contributed by atoms with Gasteiger partial charge in [0.1, 0.15) is 0 Å². The van der Waals surface area contributed by atoms with E-state index in [2.05, 4.69) is 20.8 Å². The third-order valence-electron chi connectivity index (χ3n) is 4.93. The van der Waals surface area contributed by atoms with Crippen LogP contribution in [0.5, 0.6) is 0 Å². The number of nitrogens with zero attached hydrogens (tertiary/aromatic N) is 2. The van der Waals surface area contributed by atoms with Gasteiger partial charge in [-0.25, -0.2) is 8.78 Å². The van der Waals surface area contributed by atoms with Crippen LogP contribution in [0, 0.1) is 17.8 Å². The van der Waals surface area contributed by atoms with Gasteiger partial charge in [0.15, 0.2) is 0 Å². The highest BCUT2D eigenvalue weighted by molar-refractivity contribution is 4.98. The maximum Gasteiger partial charge on any atom is 0.275 e. The number of halogens is 2. The molecule has 0 N–H and O–H groups in total. The fraction of sp³-hybridized carbons (Fsp3) is 1.00. The molecule has 0 aromatic rings. The normalized spacial score (nSPS) is 32.5. The number of likely N-dealkylation sites (tertiary alicyclic amines) is 2. The smallest absolute Gasteiger partial charge is 0.275 e. The molecule has 2 saturated heterocycles. The molecule has 2 aliphatic heterocycles. The van der Waals surface area contributed by atoms with Gasteiger partial charge >= 0.3 is 0 Å². The minimum absolute atomic E-state index is 0.0848. The maximum atomic E-state index is 14.0. The number of alkyl halides is 2. The fourth-order valence-electron chi connectivity index (χ4n) is 3.23. The predicted molar refractivity (Wildman–Crippen MR) is 69.9 cm³/mol. The van der Waals surface area contributed by atoms with E-state index in [1.54, 1.807) is 11.9 Å². The van der Waals surface area contributed by atoms with E-state index < -0.39 is 12.0 Å². The van der Waals surface area contributed by atoms with E-state index in [9.17, 15) is 8.78 Å². The zero-order chi connectivity index (χ0) is 13.5. The van der Waals surface area contributed by atoms with Crippen molar-refractivity contribution in [1.82, 2.24) is 9.80 Å². The van der Waals surface area contributed by atoms with Gasteiger partial charge in [-0.1, -0.05) is 20.8 Å². The van der Waals surface area contributed by atoms with Crippen molar-refractivity contribution in [3.63, 3.8) is 0 Å². The average Bonchev–Trinajstić information content (AvgIpc) is 2.17. The summed E-state index contributed by atoms with van der Waals surface area (Å²) in [5, 5.41) is 0. The monoisotopic (exact) mass is 260 g/mol. The molecule has 0 amide bonds. The van der Waals surface area contributed by atoms with E-state index in [0.29, 0.717) is 24.2 Å². The van der Waals surface area contributed by atoms with Gasteiger partial charge in [-0.05, 0) is 37.8 Å². The van der Waals surface area contributed by atoms with Crippen molar-refractivity contribution in [2.24, 2.45) is 17.8 Å². The molecule has 2 heterocycles. The standard InChI is InChI=1S/C14H26F2N2/c1-10(2)11(3)12-7-18(8-12)13-5-6-17(4)9-14(13,15)16/h10-13H,5-9H2,1-4H3. The van der Waals surface area contributed by atoms with Crippen molar-refractivity contribution >= 4 is 0 Å². The van der Waals surface area contributed by atoms with Crippen molar-refractivity contribution in [1.29, 1.82) is 0 Å². The molecule has 2 aliphatic rings. The van der Waals surface area contributed by atoms with Gasteiger partial charge in [0.05, 0.1) is 12.6 Å². The highest BCUT2D eigenvalue weighted by atomic mass is 19.3. The first-order valence-corrected chi connectivity index (χ1v) is 7.11. The Kier molecular flexibility index (Phi) is 3.98. The van der Waals surface area contributed by atoms with Crippen molar-refractivity contribution in [3.05, 3.63) is 0 Å². The summed E-state index contributed by atoms with van der Waals surface area (Å²) < 4.78 is 28.0. The van der Waals surface area contributed by atoms with Crippen LogP contribution in [-0.4, -0.2) is 55.0 Å². The predicted octanol–water partition coefficient (Wildman–Crippen LogP) is 2.55. The Labute approximate surface area is 109 Å². The summed E-state index contributed by atoms with van der Waals surface area (Å²) in [5.41, 5.74) is 0. The SMILES string of the molecule is CC(C)C(C)C1CN(C2CCN(C)CC2(F)F)C1. The number of hydrogen-bond donors (Lipinski definition) is 0. The molecule has 0 aliphatic carbocycles. The lowest BCUT2D eigenvalue weighted by molar-refractivity contribution is -0.151. The molecule has 2 unspecified atom stereocenters. The van der Waals surface area contributed by atoms with Crippen LogP contribution in [0.2, 0.25) is 0 Å². The zero-order valence-corrected chi connectivity index (χ0v) is 12.0. The summed E-state index contributed by atoms with van der Waals surface area (Å²) in [6.07, 6.45) is 0.603. The minimum Gasteiger partial charge on any atom is -0.300 e. The van der Waals surface area contributed by atoms with Crippen molar-refractivity contribution in [2.45, 2.75) is 39.2 Å². The maximum absolute atomic E-state index is 14.0. The van der Waals surface area contributed by atoms with Crippen LogP contribution in [0.25, 0.3) is 0 Å². The average molecular weight is 260 g/mol. The summed E-state index contributed by atoms with van der Waals surface area (Å²) in [4.78, 5) is 3.75. The quantitative estimate of drug-likeness (QED) is 0.769. The highest BCUT2D eigenvalue weighted by Gasteiger charge is 2.50. The number of piperidine rings is 1. The third kappa shape index (κ3) is 2.69. The third-order valence-corrected chi connectivity index (χ3v) is 4.93. The largest absolute Gasteiger partial charge is 0.300 e. The molecule has 106 valence electrons. The van der Waals surface area contributed by atoms with Crippen molar-refractivity contribution in [2.75, 3.05) is 33.2 Å². The van der Waals surface area contributed by atoms with Crippen molar-refractivity contribution < 1.29 is 8.78 Å². The van der Waals surface area contributed by atoms with E-state index in [4.69, 9.17) is 0 Å². The molecule has 0 radical (unpaired) electrons. The number of hydrogen-bond acceptors (Lipinski definition) is 2.